The van der Waals surface area contributed by atoms with Gasteiger partial charge in [0.25, 0.3) is 7.37 Å². The van der Waals surface area contributed by atoms with Crippen LogP contribution in [-0.2, 0) is 43.1 Å². The van der Waals surface area contributed by atoms with Gasteiger partial charge in [0.1, 0.15) is 24.1 Å². The molecule has 7 nitrogen and oxygen atoms in total. The van der Waals surface area contributed by atoms with Crippen LogP contribution in [0.15, 0.2) is 115 Å². The SMILES string of the molecule is COc1ccc([P@]2(=O)OC(COCc3ccccc3)[C@@H](OCc3ccccc3)[C@H](OCc3ccccc3)C2O)cc1. The third-order valence-corrected chi connectivity index (χ3v) is 9.61. The van der Waals surface area contributed by atoms with Crippen LogP contribution < -0.4 is 10.0 Å². The van der Waals surface area contributed by atoms with Crippen molar-refractivity contribution in [2.45, 2.75) is 44.0 Å². The number of hydrogen-bond acceptors (Lipinski definition) is 7. The van der Waals surface area contributed by atoms with Crippen LogP contribution in [0.5, 0.6) is 5.75 Å². The van der Waals surface area contributed by atoms with Crippen LogP contribution >= 0.6 is 7.37 Å². The van der Waals surface area contributed by atoms with Crippen molar-refractivity contribution in [2.24, 2.45) is 0 Å². The number of ether oxygens (including phenoxy) is 4. The highest BCUT2D eigenvalue weighted by Crippen LogP contribution is 2.57. The van der Waals surface area contributed by atoms with Gasteiger partial charge in [-0.3, -0.25) is 4.57 Å². The smallest absolute Gasteiger partial charge is 0.262 e. The third-order valence-electron chi connectivity index (χ3n) is 7.02. The molecule has 5 rings (SSSR count). The van der Waals surface area contributed by atoms with Gasteiger partial charge in [0, 0.05) is 5.30 Å². The first-order valence-corrected chi connectivity index (χ1v) is 15.3. The Balaban J connectivity index is 1.45. The zero-order valence-electron chi connectivity index (χ0n) is 23.0. The summed E-state index contributed by atoms with van der Waals surface area (Å²) < 4.78 is 44.9. The summed E-state index contributed by atoms with van der Waals surface area (Å²) >= 11 is 0. The van der Waals surface area contributed by atoms with E-state index in [-0.39, 0.29) is 19.8 Å². The summed E-state index contributed by atoms with van der Waals surface area (Å²) in [4.78, 5) is 0. The van der Waals surface area contributed by atoms with Crippen molar-refractivity contribution in [1.82, 2.24) is 0 Å². The van der Waals surface area contributed by atoms with Gasteiger partial charge >= 0.3 is 0 Å². The van der Waals surface area contributed by atoms with Crippen LogP contribution in [0.2, 0.25) is 0 Å². The molecule has 8 heteroatoms. The second kappa shape index (κ2) is 14.1. The van der Waals surface area contributed by atoms with Crippen LogP contribution in [-0.4, -0.2) is 43.0 Å². The minimum Gasteiger partial charge on any atom is -0.497 e. The fourth-order valence-corrected chi connectivity index (χ4v) is 7.15. The van der Waals surface area contributed by atoms with Crippen molar-refractivity contribution in [1.29, 1.82) is 0 Å². The molecule has 0 spiro atoms. The molecule has 0 aromatic heterocycles. The van der Waals surface area contributed by atoms with E-state index in [0.29, 0.717) is 17.7 Å². The van der Waals surface area contributed by atoms with Gasteiger partial charge in [-0.2, -0.15) is 0 Å². The van der Waals surface area contributed by atoms with E-state index in [4.69, 9.17) is 23.5 Å². The largest absolute Gasteiger partial charge is 0.497 e. The topological polar surface area (TPSA) is 83.5 Å². The quantitative estimate of drug-likeness (QED) is 0.217. The first-order chi connectivity index (χ1) is 20.1. The zero-order chi connectivity index (χ0) is 28.5. The van der Waals surface area contributed by atoms with Gasteiger partial charge in [-0.25, -0.2) is 0 Å². The Labute approximate surface area is 241 Å². The minimum absolute atomic E-state index is 0.0897. The van der Waals surface area contributed by atoms with E-state index in [1.165, 1.54) is 0 Å². The van der Waals surface area contributed by atoms with Gasteiger partial charge in [0.05, 0.1) is 33.5 Å². The molecule has 2 unspecified atom stereocenters. The van der Waals surface area contributed by atoms with Gasteiger partial charge in [-0.1, -0.05) is 91.0 Å². The van der Waals surface area contributed by atoms with Gasteiger partial charge < -0.3 is 28.6 Å². The highest BCUT2D eigenvalue weighted by molar-refractivity contribution is 7.67. The van der Waals surface area contributed by atoms with Crippen LogP contribution in [0.25, 0.3) is 0 Å². The Morgan fingerprint density at radius 3 is 1.68 bits per heavy atom. The predicted octanol–water partition coefficient (Wildman–Crippen LogP) is 5.70. The number of rotatable bonds is 12. The van der Waals surface area contributed by atoms with Crippen LogP contribution in [0.4, 0.5) is 0 Å². The average molecular weight is 575 g/mol. The maximum Gasteiger partial charge on any atom is 0.262 e. The van der Waals surface area contributed by atoms with E-state index in [2.05, 4.69) is 0 Å². The maximum absolute atomic E-state index is 14.5. The number of aliphatic hydroxyl groups is 1. The molecule has 214 valence electrons. The lowest BCUT2D eigenvalue weighted by Crippen LogP contribution is -2.55. The summed E-state index contributed by atoms with van der Waals surface area (Å²) in [6.07, 6.45) is -2.49. The third kappa shape index (κ3) is 7.32. The molecule has 0 radical (unpaired) electrons. The predicted molar refractivity (Wildman–Crippen MR) is 157 cm³/mol. The lowest BCUT2D eigenvalue weighted by atomic mass is 10.1. The molecule has 1 aliphatic heterocycles. The molecule has 5 atom stereocenters. The van der Waals surface area contributed by atoms with E-state index < -0.39 is 31.5 Å². The Morgan fingerprint density at radius 2 is 1.17 bits per heavy atom. The van der Waals surface area contributed by atoms with Gasteiger partial charge in [0.15, 0.2) is 5.85 Å². The summed E-state index contributed by atoms with van der Waals surface area (Å²) in [7, 11) is -2.29. The van der Waals surface area contributed by atoms with Crippen molar-refractivity contribution in [3.63, 3.8) is 0 Å². The summed E-state index contributed by atoms with van der Waals surface area (Å²) in [5, 5.41) is 12.0. The van der Waals surface area contributed by atoms with Crippen molar-refractivity contribution in [2.75, 3.05) is 13.7 Å². The van der Waals surface area contributed by atoms with E-state index in [9.17, 15) is 9.67 Å². The van der Waals surface area contributed by atoms with Crippen molar-refractivity contribution in [3.8, 4) is 5.75 Å². The van der Waals surface area contributed by atoms with E-state index in [0.717, 1.165) is 16.7 Å². The Kier molecular flexibility index (Phi) is 10.0. The molecule has 1 saturated heterocycles. The molecule has 0 saturated carbocycles. The summed E-state index contributed by atoms with van der Waals surface area (Å²) in [6, 6.07) is 35.9. The monoisotopic (exact) mass is 574 g/mol. The Hall–Kier alpha value is -3.29. The molecule has 1 N–H and O–H groups in total. The number of benzene rings is 4. The summed E-state index contributed by atoms with van der Waals surface area (Å²) in [5.41, 5.74) is 2.88. The van der Waals surface area contributed by atoms with Crippen LogP contribution in [0.1, 0.15) is 16.7 Å². The first-order valence-electron chi connectivity index (χ1n) is 13.6. The van der Waals surface area contributed by atoms with Crippen molar-refractivity contribution in [3.05, 3.63) is 132 Å². The van der Waals surface area contributed by atoms with Crippen molar-refractivity contribution < 1.29 is 33.1 Å². The molecular weight excluding hydrogens is 539 g/mol. The Morgan fingerprint density at radius 1 is 0.683 bits per heavy atom. The standard InChI is InChI=1S/C33H35O7P/c1-36-28-17-19-29(20-18-28)41(35)33(34)32(39-23-27-15-9-4-10-16-27)31(38-22-26-13-7-3-8-14-26)30(40-41)24-37-21-25-11-5-2-6-12-25/h2-20,30-34H,21-24H2,1H3/t30?,31-,32+,33?,41+/m1/s1. The molecule has 0 aliphatic carbocycles. The van der Waals surface area contributed by atoms with E-state index in [1.54, 1.807) is 31.4 Å². The number of aliphatic hydroxyl groups excluding tert-OH is 1. The molecule has 4 aromatic carbocycles. The maximum atomic E-state index is 14.5. The minimum atomic E-state index is -3.85. The van der Waals surface area contributed by atoms with E-state index in [1.807, 2.05) is 91.0 Å². The van der Waals surface area contributed by atoms with Gasteiger partial charge in [0.2, 0.25) is 0 Å². The Bertz CT molecular complexity index is 1380. The summed E-state index contributed by atoms with van der Waals surface area (Å²) in [5.74, 6) is -0.860. The zero-order valence-corrected chi connectivity index (χ0v) is 23.8. The van der Waals surface area contributed by atoms with Crippen molar-refractivity contribution >= 4 is 12.7 Å². The second-order valence-electron chi connectivity index (χ2n) is 9.88. The lowest BCUT2D eigenvalue weighted by Gasteiger charge is -2.44. The summed E-state index contributed by atoms with van der Waals surface area (Å²) in [6.45, 7) is 0.895. The normalized spacial score (nSPS) is 24.1. The fraction of sp³-hybridized carbons (Fsp3) is 0.273. The van der Waals surface area contributed by atoms with Gasteiger partial charge in [-0.15, -0.1) is 0 Å². The molecule has 4 aromatic rings. The average Bonchev–Trinajstić information content (AvgIpc) is 3.03. The molecule has 1 heterocycles. The molecule has 1 aliphatic rings. The number of hydrogen-bond donors (Lipinski definition) is 1. The van der Waals surface area contributed by atoms with Gasteiger partial charge in [-0.05, 0) is 41.0 Å². The second-order valence-corrected chi connectivity index (χ2v) is 12.3. The molecule has 41 heavy (non-hydrogen) atoms. The highest BCUT2D eigenvalue weighted by Gasteiger charge is 2.54. The molecular formula is C33H35O7P. The van der Waals surface area contributed by atoms with Crippen LogP contribution in [0.3, 0.4) is 0 Å². The van der Waals surface area contributed by atoms with E-state index >= 15 is 0 Å². The fourth-order valence-electron chi connectivity index (χ4n) is 4.81. The first kappa shape index (κ1) is 29.2. The molecule has 0 bridgehead atoms. The highest BCUT2D eigenvalue weighted by atomic mass is 31.2. The lowest BCUT2D eigenvalue weighted by molar-refractivity contribution is -0.174. The van der Waals surface area contributed by atoms with Crippen LogP contribution in [0, 0.1) is 0 Å². The number of methoxy groups -OCH3 is 1. The molecule has 1 fully saturated rings. The molecule has 0 amide bonds.